The molecule has 3 nitrogen and oxygen atoms in total. The number of hydrogen-bond donors (Lipinski definition) is 0. The number of halogens is 1. The predicted octanol–water partition coefficient (Wildman–Crippen LogP) is 5.37. The van der Waals surface area contributed by atoms with E-state index in [2.05, 4.69) is 23.2 Å². The smallest absolute Gasteiger partial charge is 0.224 e. The van der Waals surface area contributed by atoms with Crippen molar-refractivity contribution in [1.82, 2.24) is 9.88 Å². The molecule has 2 atom stereocenters. The fourth-order valence-electron chi connectivity index (χ4n) is 4.72. The summed E-state index contributed by atoms with van der Waals surface area (Å²) < 4.78 is 0.0708. The molecule has 4 rings (SSSR count). The molecule has 2 aliphatic rings. The first-order valence-corrected chi connectivity index (χ1v) is 11.6. The second-order valence-corrected chi connectivity index (χ2v) is 9.99. The molecule has 1 aliphatic heterocycles. The molecule has 0 unspecified atom stereocenters. The van der Waals surface area contributed by atoms with Gasteiger partial charge in [-0.15, -0.1) is 0 Å². The van der Waals surface area contributed by atoms with Gasteiger partial charge in [-0.1, -0.05) is 42.6 Å². The fourth-order valence-corrected chi connectivity index (χ4v) is 6.61. The van der Waals surface area contributed by atoms with E-state index >= 15 is 0 Å². The van der Waals surface area contributed by atoms with Crippen LogP contribution in [0.5, 0.6) is 0 Å². The van der Waals surface area contributed by atoms with Crippen molar-refractivity contribution in [1.29, 1.82) is 0 Å². The van der Waals surface area contributed by atoms with Crippen LogP contribution in [0.2, 0.25) is 5.02 Å². The highest BCUT2D eigenvalue weighted by molar-refractivity contribution is 8.00. The summed E-state index contributed by atoms with van der Waals surface area (Å²) in [6.45, 7) is 1.49. The summed E-state index contributed by atoms with van der Waals surface area (Å²) in [6, 6.07) is 12.2. The Bertz CT molecular complexity index is 815. The number of benzene rings is 1. The highest BCUT2D eigenvalue weighted by Gasteiger charge is 2.44. The van der Waals surface area contributed by atoms with Crippen molar-refractivity contribution in [2.75, 3.05) is 12.3 Å². The van der Waals surface area contributed by atoms with Gasteiger partial charge in [0.15, 0.2) is 0 Å². The first-order chi connectivity index (χ1) is 13.6. The molecule has 2 aromatic rings. The van der Waals surface area contributed by atoms with E-state index in [9.17, 15) is 4.79 Å². The van der Waals surface area contributed by atoms with Gasteiger partial charge in [0.1, 0.15) is 0 Å². The average Bonchev–Trinajstić information content (AvgIpc) is 2.84. The van der Waals surface area contributed by atoms with E-state index in [1.54, 1.807) is 6.20 Å². The number of pyridine rings is 1. The zero-order valence-corrected chi connectivity index (χ0v) is 17.7. The third-order valence-electron chi connectivity index (χ3n) is 6.17. The van der Waals surface area contributed by atoms with Crippen LogP contribution in [-0.2, 0) is 17.8 Å². The Kier molecular flexibility index (Phi) is 6.27. The van der Waals surface area contributed by atoms with Crippen LogP contribution in [0.3, 0.4) is 0 Å². The zero-order valence-electron chi connectivity index (χ0n) is 16.1. The summed E-state index contributed by atoms with van der Waals surface area (Å²) in [4.78, 5) is 19.4. The standard InChI is InChI=1S/C23H27ClN2OS/c24-21-8-3-5-18(14-21)13-20-7-1-2-9-23(20)15-22(27)26(11-12-28-23)17-19-6-4-10-25-16-19/h3-6,8,10,14,16,20H,1-2,7,9,11-13,15,17H2/t20-,23-/m0/s1. The Morgan fingerprint density at radius 1 is 1.21 bits per heavy atom. The van der Waals surface area contributed by atoms with Gasteiger partial charge in [0.25, 0.3) is 0 Å². The van der Waals surface area contributed by atoms with Crippen molar-refractivity contribution in [3.63, 3.8) is 0 Å². The normalized spacial score (nSPS) is 25.7. The van der Waals surface area contributed by atoms with Gasteiger partial charge in [0.05, 0.1) is 0 Å². The number of aromatic nitrogens is 1. The lowest BCUT2D eigenvalue weighted by Crippen LogP contribution is -2.42. The fraction of sp³-hybridized carbons (Fsp3) is 0.478. The van der Waals surface area contributed by atoms with Crippen LogP contribution < -0.4 is 0 Å². The number of rotatable bonds is 4. The van der Waals surface area contributed by atoms with E-state index in [0.29, 0.717) is 24.8 Å². The van der Waals surface area contributed by atoms with Crippen molar-refractivity contribution < 1.29 is 4.79 Å². The maximum atomic E-state index is 13.2. The quantitative estimate of drug-likeness (QED) is 0.674. The lowest BCUT2D eigenvalue weighted by atomic mass is 9.73. The van der Waals surface area contributed by atoms with Crippen molar-refractivity contribution in [2.24, 2.45) is 5.92 Å². The van der Waals surface area contributed by atoms with Gasteiger partial charge in [0.2, 0.25) is 5.91 Å². The van der Waals surface area contributed by atoms with Crippen LogP contribution in [0.15, 0.2) is 48.8 Å². The Balaban J connectivity index is 1.51. The Hall–Kier alpha value is -1.52. The van der Waals surface area contributed by atoms with E-state index in [1.807, 2.05) is 41.1 Å². The van der Waals surface area contributed by atoms with E-state index in [1.165, 1.54) is 24.8 Å². The summed E-state index contributed by atoms with van der Waals surface area (Å²) in [7, 11) is 0. The molecule has 2 fully saturated rings. The van der Waals surface area contributed by atoms with Crippen molar-refractivity contribution in [2.45, 2.75) is 49.8 Å². The predicted molar refractivity (Wildman–Crippen MR) is 117 cm³/mol. The van der Waals surface area contributed by atoms with E-state index < -0.39 is 0 Å². The summed E-state index contributed by atoms with van der Waals surface area (Å²) in [5, 5.41) is 0.801. The number of thioether (sulfide) groups is 1. The minimum atomic E-state index is 0.0708. The molecule has 0 bridgehead atoms. The highest BCUT2D eigenvalue weighted by Crippen LogP contribution is 2.49. The maximum absolute atomic E-state index is 13.2. The first kappa shape index (κ1) is 19.8. The Labute approximate surface area is 176 Å². The summed E-state index contributed by atoms with van der Waals surface area (Å²) >= 11 is 8.26. The highest BCUT2D eigenvalue weighted by atomic mass is 35.5. The van der Waals surface area contributed by atoms with Gasteiger partial charge in [-0.25, -0.2) is 0 Å². The lowest BCUT2D eigenvalue weighted by molar-refractivity contribution is -0.132. The molecular formula is C23H27ClN2OS. The van der Waals surface area contributed by atoms with Crippen LogP contribution in [0.25, 0.3) is 0 Å². The number of carbonyl (C=O) groups excluding carboxylic acids is 1. The summed E-state index contributed by atoms with van der Waals surface area (Å²) in [6.07, 6.45) is 10.2. The average molecular weight is 415 g/mol. The molecule has 2 heterocycles. The van der Waals surface area contributed by atoms with E-state index in [-0.39, 0.29) is 4.75 Å². The van der Waals surface area contributed by atoms with Gasteiger partial charge >= 0.3 is 0 Å². The van der Waals surface area contributed by atoms with Crippen LogP contribution in [0.1, 0.15) is 43.2 Å². The van der Waals surface area contributed by atoms with Crippen LogP contribution in [0.4, 0.5) is 0 Å². The van der Waals surface area contributed by atoms with Gasteiger partial charge in [0, 0.05) is 47.4 Å². The van der Waals surface area contributed by atoms with Crippen molar-refractivity contribution >= 4 is 29.3 Å². The van der Waals surface area contributed by atoms with Gasteiger partial charge < -0.3 is 4.90 Å². The molecule has 1 amide bonds. The van der Waals surface area contributed by atoms with Crippen LogP contribution in [0, 0.1) is 5.92 Å². The minimum Gasteiger partial charge on any atom is -0.337 e. The summed E-state index contributed by atoms with van der Waals surface area (Å²) in [5.74, 6) is 1.84. The molecule has 28 heavy (non-hydrogen) atoms. The van der Waals surface area contributed by atoms with Gasteiger partial charge in [-0.05, 0) is 54.5 Å². The topological polar surface area (TPSA) is 33.2 Å². The molecule has 1 spiro atoms. The minimum absolute atomic E-state index is 0.0708. The number of nitrogens with zero attached hydrogens (tertiary/aromatic N) is 2. The third kappa shape index (κ3) is 4.55. The monoisotopic (exact) mass is 414 g/mol. The zero-order chi connectivity index (χ0) is 19.4. The maximum Gasteiger partial charge on any atom is 0.224 e. The molecule has 1 aliphatic carbocycles. The number of carbonyl (C=O) groups is 1. The van der Waals surface area contributed by atoms with Crippen LogP contribution in [-0.4, -0.2) is 32.8 Å². The lowest BCUT2D eigenvalue weighted by Gasteiger charge is -2.43. The van der Waals surface area contributed by atoms with Gasteiger partial charge in [-0.2, -0.15) is 11.8 Å². The molecular weight excluding hydrogens is 388 g/mol. The second-order valence-electron chi connectivity index (χ2n) is 8.04. The van der Waals surface area contributed by atoms with Crippen molar-refractivity contribution in [3.05, 3.63) is 64.9 Å². The molecule has 1 aromatic heterocycles. The molecule has 1 saturated heterocycles. The second kappa shape index (κ2) is 8.87. The van der Waals surface area contributed by atoms with E-state index in [4.69, 9.17) is 11.6 Å². The summed E-state index contributed by atoms with van der Waals surface area (Å²) in [5.41, 5.74) is 2.40. The molecule has 5 heteroatoms. The molecule has 0 N–H and O–H groups in total. The van der Waals surface area contributed by atoms with Crippen LogP contribution >= 0.6 is 23.4 Å². The Morgan fingerprint density at radius 2 is 2.11 bits per heavy atom. The SMILES string of the molecule is O=C1C[C@]2(CCCC[C@H]2Cc2cccc(Cl)c2)SCCN1Cc1cccnc1. The number of hydrogen-bond acceptors (Lipinski definition) is 3. The Morgan fingerprint density at radius 3 is 2.93 bits per heavy atom. The van der Waals surface area contributed by atoms with Crippen molar-refractivity contribution in [3.8, 4) is 0 Å². The molecule has 1 saturated carbocycles. The number of amides is 1. The van der Waals surface area contributed by atoms with Gasteiger partial charge in [-0.3, -0.25) is 9.78 Å². The molecule has 148 valence electrons. The molecule has 0 radical (unpaired) electrons. The largest absolute Gasteiger partial charge is 0.337 e. The third-order valence-corrected chi connectivity index (χ3v) is 8.05. The van der Waals surface area contributed by atoms with E-state index in [0.717, 1.165) is 35.7 Å². The first-order valence-electron chi connectivity index (χ1n) is 10.2. The molecule has 1 aromatic carbocycles.